The van der Waals surface area contributed by atoms with E-state index >= 15 is 0 Å². The molecule has 0 aliphatic carbocycles. The highest BCUT2D eigenvalue weighted by Gasteiger charge is 2.15. The predicted octanol–water partition coefficient (Wildman–Crippen LogP) is 13.1. The first-order chi connectivity index (χ1) is 17.8. The van der Waals surface area contributed by atoms with Crippen molar-refractivity contribution in [3.05, 3.63) is 34.0 Å². The van der Waals surface area contributed by atoms with E-state index in [0.29, 0.717) is 0 Å². The number of thiophene rings is 4. The summed E-state index contributed by atoms with van der Waals surface area (Å²) in [5.41, 5.74) is 0. The lowest BCUT2D eigenvalue weighted by Gasteiger charge is -2.00. The van der Waals surface area contributed by atoms with E-state index in [1.54, 1.807) is 9.75 Å². The zero-order chi connectivity index (χ0) is 24.7. The number of fused-ring (bicyclic) bond motifs is 6. The van der Waals surface area contributed by atoms with Crippen molar-refractivity contribution >= 4 is 84.3 Å². The first kappa shape index (κ1) is 26.7. The highest BCUT2D eigenvalue weighted by molar-refractivity contribution is 7.34. The molecule has 4 heterocycles. The van der Waals surface area contributed by atoms with Crippen molar-refractivity contribution in [1.29, 1.82) is 0 Å². The molecule has 0 fully saturated rings. The number of hydrogen-bond acceptors (Lipinski definition) is 4. The second-order valence-corrected chi connectivity index (χ2v) is 15.0. The lowest BCUT2D eigenvalue weighted by atomic mass is 10.1. The van der Waals surface area contributed by atoms with Gasteiger partial charge in [0.2, 0.25) is 0 Å². The second kappa shape index (κ2) is 13.2. The van der Waals surface area contributed by atoms with Crippen LogP contribution in [0.25, 0.3) is 39.0 Å². The largest absolute Gasteiger partial charge is 0.139 e. The van der Waals surface area contributed by atoms with Gasteiger partial charge in [-0.1, -0.05) is 90.9 Å². The normalized spacial score (nSPS) is 12.3. The molecule has 0 bridgehead atoms. The monoisotopic (exact) mass is 554 g/mol. The minimum Gasteiger partial charge on any atom is -0.139 e. The van der Waals surface area contributed by atoms with Crippen LogP contribution in [0.4, 0.5) is 0 Å². The average Bonchev–Trinajstić information content (AvgIpc) is 3.61. The fourth-order valence-corrected chi connectivity index (χ4v) is 10.7. The summed E-state index contributed by atoms with van der Waals surface area (Å²) in [6.07, 6.45) is 22.0. The van der Waals surface area contributed by atoms with Crippen molar-refractivity contribution in [2.45, 2.75) is 117 Å². The molecule has 0 nitrogen and oxygen atoms in total. The van der Waals surface area contributed by atoms with Gasteiger partial charge in [0.1, 0.15) is 0 Å². The zero-order valence-corrected chi connectivity index (χ0v) is 25.5. The first-order valence-electron chi connectivity index (χ1n) is 14.6. The summed E-state index contributed by atoms with van der Waals surface area (Å²) in [6, 6.07) is 10.0. The Bertz CT molecular complexity index is 1270. The van der Waals surface area contributed by atoms with Crippen LogP contribution in [0.15, 0.2) is 24.3 Å². The molecule has 0 spiro atoms. The van der Waals surface area contributed by atoms with Crippen LogP contribution in [-0.4, -0.2) is 0 Å². The number of unbranched alkanes of at least 4 members (excludes halogenated alkanes) is 12. The summed E-state index contributed by atoms with van der Waals surface area (Å²) in [6.45, 7) is 4.60. The van der Waals surface area contributed by atoms with Crippen molar-refractivity contribution in [1.82, 2.24) is 0 Å². The van der Waals surface area contributed by atoms with E-state index < -0.39 is 0 Å². The topological polar surface area (TPSA) is 0 Å². The van der Waals surface area contributed by atoms with E-state index in [1.165, 1.54) is 142 Å². The van der Waals surface area contributed by atoms with Crippen LogP contribution in [0.3, 0.4) is 0 Å². The molecule has 0 aliphatic rings. The molecule has 0 unspecified atom stereocenters. The van der Waals surface area contributed by atoms with E-state index in [9.17, 15) is 0 Å². The van der Waals surface area contributed by atoms with Gasteiger partial charge in [0.05, 0.1) is 9.40 Å². The van der Waals surface area contributed by atoms with Crippen LogP contribution < -0.4 is 0 Å². The van der Waals surface area contributed by atoms with Crippen molar-refractivity contribution in [3.8, 4) is 0 Å². The Kier molecular flexibility index (Phi) is 9.79. The van der Waals surface area contributed by atoms with E-state index in [0.717, 1.165) is 0 Å². The molecule has 5 rings (SSSR count). The Morgan fingerprint density at radius 1 is 0.417 bits per heavy atom. The van der Waals surface area contributed by atoms with Gasteiger partial charge in [-0.15, -0.1) is 45.3 Å². The summed E-state index contributed by atoms with van der Waals surface area (Å²) in [7, 11) is 0. The van der Waals surface area contributed by atoms with Gasteiger partial charge in [-0.2, -0.15) is 0 Å². The average molecular weight is 555 g/mol. The summed E-state index contributed by atoms with van der Waals surface area (Å²) < 4.78 is 9.04. The minimum absolute atomic E-state index is 1.26. The van der Waals surface area contributed by atoms with Crippen LogP contribution in [0, 0.1) is 0 Å². The van der Waals surface area contributed by atoms with Gasteiger partial charge in [-0.3, -0.25) is 0 Å². The lowest BCUT2D eigenvalue weighted by Crippen LogP contribution is -1.83. The SMILES string of the molecule is CCCCCCCCCc1cc2sc3cc4c(cc3c2s1)sc1cc(CCCCCCCCC)sc14. The second-order valence-electron chi connectivity index (χ2n) is 10.6. The molecule has 5 aromatic rings. The Labute approximate surface area is 233 Å². The maximum Gasteiger partial charge on any atom is 0.0532 e. The molecule has 4 heteroatoms. The van der Waals surface area contributed by atoms with E-state index in [2.05, 4.69) is 60.8 Å². The summed E-state index contributed by atoms with van der Waals surface area (Å²) in [4.78, 5) is 3.18. The molecule has 36 heavy (non-hydrogen) atoms. The van der Waals surface area contributed by atoms with Crippen molar-refractivity contribution < 1.29 is 0 Å². The third kappa shape index (κ3) is 6.37. The highest BCUT2D eigenvalue weighted by atomic mass is 32.1. The number of benzene rings is 1. The third-order valence-electron chi connectivity index (χ3n) is 7.56. The van der Waals surface area contributed by atoms with Gasteiger partial charge >= 0.3 is 0 Å². The molecule has 4 aromatic heterocycles. The summed E-state index contributed by atoms with van der Waals surface area (Å²) in [5.74, 6) is 0. The quantitative estimate of drug-likeness (QED) is 0.106. The van der Waals surface area contributed by atoms with Crippen LogP contribution in [0.1, 0.15) is 113 Å². The van der Waals surface area contributed by atoms with E-state index in [1.807, 2.05) is 22.7 Å². The van der Waals surface area contributed by atoms with Gasteiger partial charge in [0, 0.05) is 39.3 Å². The van der Waals surface area contributed by atoms with E-state index in [4.69, 9.17) is 0 Å². The first-order valence-corrected chi connectivity index (χ1v) is 17.8. The van der Waals surface area contributed by atoms with Gasteiger partial charge in [0.15, 0.2) is 0 Å². The fraction of sp³-hybridized carbons (Fsp3) is 0.562. The molecule has 194 valence electrons. The highest BCUT2D eigenvalue weighted by Crippen LogP contribution is 2.46. The number of hydrogen-bond donors (Lipinski definition) is 0. The van der Waals surface area contributed by atoms with Crippen molar-refractivity contribution in [2.75, 3.05) is 0 Å². The maximum absolute atomic E-state index is 2.50. The standard InChI is InChI=1S/C32H42S4/c1-3-5-7-9-11-13-15-17-23-19-29-31(33-23)25-21-28-26(22-27(25)35-29)32-30(36-28)20-24(34-32)18-16-14-12-10-8-6-4-2/h19-22H,3-18H2,1-2H3. The lowest BCUT2D eigenvalue weighted by molar-refractivity contribution is 0.590. The maximum atomic E-state index is 2.50. The van der Waals surface area contributed by atoms with Crippen LogP contribution in [-0.2, 0) is 12.8 Å². The Morgan fingerprint density at radius 3 is 1.22 bits per heavy atom. The van der Waals surface area contributed by atoms with Crippen LogP contribution >= 0.6 is 45.3 Å². The molecular weight excluding hydrogens is 513 g/mol. The smallest absolute Gasteiger partial charge is 0.0532 e. The van der Waals surface area contributed by atoms with Gasteiger partial charge in [-0.05, 0) is 49.9 Å². The Balaban J connectivity index is 1.22. The molecule has 1 aromatic carbocycles. The number of rotatable bonds is 16. The summed E-state index contributed by atoms with van der Waals surface area (Å²) >= 11 is 8.15. The fourth-order valence-electron chi connectivity index (χ4n) is 5.45. The molecule has 0 N–H and O–H groups in total. The van der Waals surface area contributed by atoms with Gasteiger partial charge < -0.3 is 0 Å². The Morgan fingerprint density at radius 2 is 0.806 bits per heavy atom. The predicted molar refractivity (Wildman–Crippen MR) is 171 cm³/mol. The van der Waals surface area contributed by atoms with Gasteiger partial charge in [0.25, 0.3) is 0 Å². The van der Waals surface area contributed by atoms with Crippen LogP contribution in [0.5, 0.6) is 0 Å². The number of aryl methyl sites for hydroxylation is 2. The molecule has 0 saturated heterocycles. The molecule has 0 atom stereocenters. The molecule has 0 saturated carbocycles. The van der Waals surface area contributed by atoms with Gasteiger partial charge in [-0.25, -0.2) is 0 Å². The van der Waals surface area contributed by atoms with E-state index in [-0.39, 0.29) is 0 Å². The summed E-state index contributed by atoms with van der Waals surface area (Å²) in [5, 5.41) is 2.99. The van der Waals surface area contributed by atoms with Crippen LogP contribution in [0.2, 0.25) is 0 Å². The third-order valence-corrected chi connectivity index (χ3v) is 12.5. The Hall–Kier alpha value is -0.940. The molecule has 0 aliphatic heterocycles. The molecule has 0 radical (unpaired) electrons. The van der Waals surface area contributed by atoms with Crippen molar-refractivity contribution in [2.24, 2.45) is 0 Å². The molecule has 0 amide bonds. The minimum atomic E-state index is 1.26. The molecular formula is C32H42S4. The van der Waals surface area contributed by atoms with Crippen molar-refractivity contribution in [3.63, 3.8) is 0 Å². The zero-order valence-electron chi connectivity index (χ0n) is 22.3.